The van der Waals surface area contributed by atoms with E-state index >= 15 is 0 Å². The molecule has 2 rings (SSSR count). The van der Waals surface area contributed by atoms with Gasteiger partial charge in [0, 0.05) is 24.7 Å². The third kappa shape index (κ3) is 10.4. The first kappa shape index (κ1) is 27.5. The van der Waals surface area contributed by atoms with Gasteiger partial charge < -0.3 is 20.7 Å². The van der Waals surface area contributed by atoms with Crippen LogP contribution in [0.3, 0.4) is 0 Å². The molecule has 0 spiro atoms. The molecule has 0 saturated heterocycles. The van der Waals surface area contributed by atoms with Crippen LogP contribution in [0.25, 0.3) is 0 Å². The second-order valence-corrected chi connectivity index (χ2v) is 8.03. The van der Waals surface area contributed by atoms with E-state index in [2.05, 4.69) is 32.7 Å². The second-order valence-electron chi connectivity index (χ2n) is 7.44. The number of unbranched alkanes of at least 4 members (excludes halogenated alkanes) is 5. The minimum absolute atomic E-state index is 0.384. The number of carbonyl (C=O) groups is 1. The smallest absolute Gasteiger partial charge is 0.416 e. The van der Waals surface area contributed by atoms with Gasteiger partial charge in [0.2, 0.25) is 0 Å². The van der Waals surface area contributed by atoms with Crippen molar-refractivity contribution in [2.75, 3.05) is 23.8 Å². The summed E-state index contributed by atoms with van der Waals surface area (Å²) in [6.07, 6.45) is 1.70. The van der Waals surface area contributed by atoms with E-state index in [-0.39, 0.29) is 0 Å². The molecule has 0 bridgehead atoms. The van der Waals surface area contributed by atoms with E-state index in [0.29, 0.717) is 35.4 Å². The zero-order valence-electron chi connectivity index (χ0n) is 18.5. The monoisotopic (exact) mass is 512 g/mol. The molecule has 0 unspecified atom stereocenters. The Morgan fingerprint density at radius 1 is 0.912 bits per heavy atom. The Bertz CT molecular complexity index is 941. The molecule has 0 heterocycles. The number of benzene rings is 2. The van der Waals surface area contributed by atoms with Crippen LogP contribution in [-0.2, 0) is 18.6 Å². The molecule has 34 heavy (non-hydrogen) atoms. The number of anilines is 2. The summed E-state index contributed by atoms with van der Waals surface area (Å²) in [5, 5.41) is 8.90. The fraction of sp³-hybridized carbons (Fsp3) is 0.391. The summed E-state index contributed by atoms with van der Waals surface area (Å²) in [4.78, 5) is 11.3. The number of alkyl halides is 3. The Morgan fingerprint density at radius 3 is 2.24 bits per heavy atom. The van der Waals surface area contributed by atoms with Gasteiger partial charge in [-0.2, -0.15) is 13.2 Å². The summed E-state index contributed by atoms with van der Waals surface area (Å²) in [6, 6.07) is 11.3. The normalized spacial score (nSPS) is 10.9. The number of ether oxygens (including phenoxy) is 1. The minimum Gasteiger partial charge on any atom is -0.491 e. The van der Waals surface area contributed by atoms with Gasteiger partial charge >= 0.3 is 12.2 Å². The highest BCUT2D eigenvalue weighted by Gasteiger charge is 2.29. The molecule has 0 aliphatic rings. The summed E-state index contributed by atoms with van der Waals surface area (Å²) in [5.74, 6) is 0.585. The van der Waals surface area contributed by atoms with Crippen LogP contribution in [0.4, 0.5) is 29.3 Å². The predicted molar refractivity (Wildman–Crippen MR) is 134 cm³/mol. The van der Waals surface area contributed by atoms with Gasteiger partial charge in [-0.25, -0.2) is 4.79 Å². The molecule has 0 saturated carbocycles. The van der Waals surface area contributed by atoms with Gasteiger partial charge in [0.1, 0.15) is 5.75 Å². The first-order valence-electron chi connectivity index (χ1n) is 10.9. The van der Waals surface area contributed by atoms with E-state index in [0.717, 1.165) is 50.7 Å². The van der Waals surface area contributed by atoms with Gasteiger partial charge in [0.25, 0.3) is 0 Å². The number of rotatable bonds is 12. The molecule has 0 atom stereocenters. The minimum atomic E-state index is -4.35. The maximum absolute atomic E-state index is 12.6. The van der Waals surface area contributed by atoms with Crippen LogP contribution in [0.1, 0.15) is 44.1 Å². The maximum atomic E-state index is 12.6. The Morgan fingerprint density at radius 2 is 1.56 bits per heavy atom. The van der Waals surface area contributed by atoms with Crippen LogP contribution >= 0.6 is 12.2 Å². The molecular weight excluding hydrogens is 485 g/mol. The second kappa shape index (κ2) is 14.5. The van der Waals surface area contributed by atoms with Gasteiger partial charge in [-0.05, 0) is 61.5 Å². The van der Waals surface area contributed by atoms with Crippen molar-refractivity contribution < 1.29 is 22.7 Å². The number of nitrogens with zero attached hydrogens (tertiary/aromatic N) is 1. The van der Waals surface area contributed by atoms with Crippen LogP contribution in [0.5, 0.6) is 5.75 Å². The van der Waals surface area contributed by atoms with Crippen molar-refractivity contribution in [1.29, 1.82) is 0 Å². The molecular formula is C23H27F3N4O2S2. The number of thiocarbonyl (C=S) groups is 1. The fourth-order valence-electron chi connectivity index (χ4n) is 3.07. The molecule has 6 nitrogen and oxygen atoms in total. The van der Waals surface area contributed by atoms with E-state index in [1.807, 2.05) is 6.07 Å². The highest BCUT2D eigenvalue weighted by molar-refractivity contribution is 7.80. The third-order valence-corrected chi connectivity index (χ3v) is 5.21. The number of carbonyl (C=O) groups excluding carboxylic acids is 1. The van der Waals surface area contributed by atoms with Gasteiger partial charge in [-0.3, -0.25) is 0 Å². The van der Waals surface area contributed by atoms with Crippen molar-refractivity contribution in [1.82, 2.24) is 5.32 Å². The molecule has 0 radical (unpaired) electrons. The molecule has 0 aromatic heterocycles. The molecule has 2 aromatic rings. The lowest BCUT2D eigenvalue weighted by Gasteiger charge is -2.12. The molecule has 2 aromatic carbocycles. The Kier molecular flexibility index (Phi) is 11.7. The Hall–Kier alpha value is -2.79. The van der Waals surface area contributed by atoms with Gasteiger partial charge in [-0.1, -0.05) is 37.8 Å². The average Bonchev–Trinajstić information content (AvgIpc) is 2.81. The van der Waals surface area contributed by atoms with E-state index in [4.69, 9.17) is 17.0 Å². The number of urea groups is 1. The molecule has 0 aliphatic heterocycles. The quantitative estimate of drug-likeness (QED) is 0.218. The van der Waals surface area contributed by atoms with Crippen LogP contribution in [0.2, 0.25) is 0 Å². The highest BCUT2D eigenvalue weighted by Crippen LogP contribution is 2.29. The SMILES string of the molecule is O=C(N=S)Nc1ccccc1OCCCCCCCCNC(=S)Nc1ccc(C(F)(F)F)cc1. The van der Waals surface area contributed by atoms with Crippen LogP contribution in [0, 0.1) is 0 Å². The largest absolute Gasteiger partial charge is 0.491 e. The van der Waals surface area contributed by atoms with Crippen LogP contribution in [-0.4, -0.2) is 24.3 Å². The molecule has 184 valence electrons. The lowest BCUT2D eigenvalue weighted by Crippen LogP contribution is -2.29. The maximum Gasteiger partial charge on any atom is 0.416 e. The summed E-state index contributed by atoms with van der Waals surface area (Å²) >= 11 is 9.55. The molecule has 3 N–H and O–H groups in total. The molecule has 11 heteroatoms. The van der Waals surface area contributed by atoms with Crippen LogP contribution < -0.4 is 20.7 Å². The van der Waals surface area contributed by atoms with E-state index in [1.165, 1.54) is 12.1 Å². The summed E-state index contributed by atoms with van der Waals surface area (Å²) < 4.78 is 46.7. The van der Waals surface area contributed by atoms with Crippen molar-refractivity contribution in [2.24, 2.45) is 4.36 Å². The number of halogens is 3. The fourth-order valence-corrected chi connectivity index (χ4v) is 3.34. The average molecular weight is 513 g/mol. The summed E-state index contributed by atoms with van der Waals surface area (Å²) in [7, 11) is 0. The van der Waals surface area contributed by atoms with Crippen molar-refractivity contribution in [3.63, 3.8) is 0 Å². The van der Waals surface area contributed by atoms with E-state index < -0.39 is 17.8 Å². The summed E-state index contributed by atoms with van der Waals surface area (Å²) in [6.45, 7) is 1.23. The number of hydrogen-bond acceptors (Lipinski definition) is 4. The lowest BCUT2D eigenvalue weighted by molar-refractivity contribution is -0.137. The lowest BCUT2D eigenvalue weighted by atomic mass is 10.1. The van der Waals surface area contributed by atoms with Crippen molar-refractivity contribution in [3.8, 4) is 5.75 Å². The van der Waals surface area contributed by atoms with Gasteiger partial charge in [0.05, 0.1) is 17.9 Å². The van der Waals surface area contributed by atoms with E-state index in [1.54, 1.807) is 18.2 Å². The predicted octanol–water partition coefficient (Wildman–Crippen LogP) is 6.67. The van der Waals surface area contributed by atoms with Crippen molar-refractivity contribution in [2.45, 2.75) is 44.7 Å². The first-order valence-corrected chi connectivity index (χ1v) is 11.6. The Balaban J connectivity index is 1.50. The standard InChI is InChI=1S/C23H27F3N4O2S2/c24-23(25,26)17-11-13-18(14-12-17)28-22(33)27-15-7-3-1-2-4-8-16-32-20-10-6-5-9-19(20)29-21(31)30-34/h5-6,9-14H,1-4,7-8,15-16H2,(H,29,31)(H2,27,28,33). The number of amides is 2. The number of hydrogen-bond donors (Lipinski definition) is 3. The Labute approximate surface area is 207 Å². The zero-order valence-corrected chi connectivity index (χ0v) is 20.1. The molecule has 2 amide bonds. The highest BCUT2D eigenvalue weighted by atomic mass is 32.1. The zero-order chi connectivity index (χ0) is 24.8. The third-order valence-electron chi connectivity index (χ3n) is 4.80. The van der Waals surface area contributed by atoms with Gasteiger partial charge in [0.15, 0.2) is 5.11 Å². The first-order chi connectivity index (χ1) is 16.3. The number of nitrogens with one attached hydrogen (secondary N) is 3. The van der Waals surface area contributed by atoms with Gasteiger partial charge in [-0.15, -0.1) is 4.36 Å². The molecule has 0 aliphatic carbocycles. The molecule has 0 fully saturated rings. The van der Waals surface area contributed by atoms with Crippen LogP contribution in [0.15, 0.2) is 52.9 Å². The van der Waals surface area contributed by atoms with Crippen molar-refractivity contribution in [3.05, 3.63) is 54.1 Å². The van der Waals surface area contributed by atoms with E-state index in [9.17, 15) is 18.0 Å². The summed E-state index contributed by atoms with van der Waals surface area (Å²) in [5.41, 5.74) is 0.355. The van der Waals surface area contributed by atoms with Crippen molar-refractivity contribution >= 4 is 47.2 Å². The number of para-hydroxylation sites is 2. The topological polar surface area (TPSA) is 74.8 Å².